The van der Waals surface area contributed by atoms with Crippen molar-refractivity contribution in [3.05, 3.63) is 29.8 Å². The number of hydrogen-bond donors (Lipinski definition) is 0. The predicted molar refractivity (Wildman–Crippen MR) is 55.9 cm³/mol. The third-order valence-corrected chi connectivity index (χ3v) is 3.51. The SMILES string of the molecule is Cc1ccc(S(=O)(=O)OCN2CC2)cc1. The summed E-state index contributed by atoms with van der Waals surface area (Å²) < 4.78 is 28.1. The molecule has 0 atom stereocenters. The van der Waals surface area contributed by atoms with E-state index in [9.17, 15) is 8.42 Å². The molecule has 0 aromatic heterocycles. The lowest BCUT2D eigenvalue weighted by molar-refractivity contribution is 0.234. The van der Waals surface area contributed by atoms with E-state index in [1.807, 2.05) is 11.8 Å². The minimum absolute atomic E-state index is 0.163. The highest BCUT2D eigenvalue weighted by molar-refractivity contribution is 7.86. The maximum absolute atomic E-state index is 11.6. The molecule has 15 heavy (non-hydrogen) atoms. The smallest absolute Gasteiger partial charge is 0.277 e. The average Bonchev–Trinajstić information content (AvgIpc) is 2.99. The first-order valence-corrected chi connectivity index (χ1v) is 6.17. The van der Waals surface area contributed by atoms with Crippen molar-refractivity contribution in [3.8, 4) is 0 Å². The Kier molecular flexibility index (Phi) is 2.77. The van der Waals surface area contributed by atoms with Gasteiger partial charge in [-0.2, -0.15) is 8.42 Å². The Morgan fingerprint density at radius 1 is 1.27 bits per heavy atom. The van der Waals surface area contributed by atoms with Crippen molar-refractivity contribution >= 4 is 10.1 Å². The lowest BCUT2D eigenvalue weighted by Crippen LogP contribution is -2.12. The van der Waals surface area contributed by atoms with Gasteiger partial charge in [0.25, 0.3) is 10.1 Å². The van der Waals surface area contributed by atoms with Crippen LogP contribution in [0.15, 0.2) is 29.2 Å². The zero-order valence-corrected chi connectivity index (χ0v) is 9.33. The van der Waals surface area contributed by atoms with Gasteiger partial charge in [-0.15, -0.1) is 0 Å². The van der Waals surface area contributed by atoms with Crippen molar-refractivity contribution in [3.63, 3.8) is 0 Å². The van der Waals surface area contributed by atoms with Crippen LogP contribution in [0.2, 0.25) is 0 Å². The van der Waals surface area contributed by atoms with E-state index in [1.165, 1.54) is 0 Å². The van der Waals surface area contributed by atoms with Gasteiger partial charge < -0.3 is 0 Å². The van der Waals surface area contributed by atoms with E-state index >= 15 is 0 Å². The zero-order chi connectivity index (χ0) is 10.9. The number of benzene rings is 1. The Bertz CT molecular complexity index is 434. The summed E-state index contributed by atoms with van der Waals surface area (Å²) in [5.74, 6) is 0. The molecule has 1 aliphatic rings. The van der Waals surface area contributed by atoms with E-state index in [0.717, 1.165) is 18.7 Å². The van der Waals surface area contributed by atoms with Gasteiger partial charge in [-0.25, -0.2) is 0 Å². The van der Waals surface area contributed by atoms with Gasteiger partial charge in [0.2, 0.25) is 0 Å². The van der Waals surface area contributed by atoms with Crippen LogP contribution >= 0.6 is 0 Å². The first kappa shape index (κ1) is 10.6. The molecule has 1 heterocycles. The Balaban J connectivity index is 2.09. The molecule has 1 aromatic carbocycles. The fourth-order valence-electron chi connectivity index (χ4n) is 1.12. The lowest BCUT2D eigenvalue weighted by atomic mass is 10.2. The second kappa shape index (κ2) is 3.92. The van der Waals surface area contributed by atoms with Crippen LogP contribution in [-0.2, 0) is 14.3 Å². The standard InChI is InChI=1S/C10H13NO3S/c1-9-2-4-10(5-3-9)15(12,13)14-8-11-6-7-11/h2-5H,6-8H2,1H3. The molecule has 0 aliphatic carbocycles. The Morgan fingerprint density at radius 2 is 1.87 bits per heavy atom. The first-order valence-electron chi connectivity index (χ1n) is 4.76. The van der Waals surface area contributed by atoms with Crippen LogP contribution in [0, 0.1) is 6.92 Å². The molecule has 1 aliphatic heterocycles. The van der Waals surface area contributed by atoms with Crippen LogP contribution in [0.25, 0.3) is 0 Å². The molecule has 0 bridgehead atoms. The van der Waals surface area contributed by atoms with Gasteiger partial charge in [0.05, 0.1) is 4.90 Å². The molecule has 0 saturated carbocycles. The summed E-state index contributed by atoms with van der Waals surface area (Å²) in [5, 5.41) is 0. The molecule has 1 aromatic rings. The van der Waals surface area contributed by atoms with Crippen LogP contribution in [0.4, 0.5) is 0 Å². The summed E-state index contributed by atoms with van der Waals surface area (Å²) in [6, 6.07) is 6.64. The summed E-state index contributed by atoms with van der Waals surface area (Å²) in [6.07, 6.45) is 0. The molecule has 82 valence electrons. The van der Waals surface area contributed by atoms with Crippen molar-refractivity contribution in [1.29, 1.82) is 0 Å². The molecule has 0 spiro atoms. The second-order valence-electron chi connectivity index (χ2n) is 3.63. The molecule has 2 rings (SSSR count). The van der Waals surface area contributed by atoms with E-state index in [2.05, 4.69) is 0 Å². The van der Waals surface area contributed by atoms with Gasteiger partial charge in [-0.1, -0.05) is 17.7 Å². The van der Waals surface area contributed by atoms with Gasteiger partial charge in [0.15, 0.2) is 0 Å². The van der Waals surface area contributed by atoms with Gasteiger partial charge in [0.1, 0.15) is 6.73 Å². The van der Waals surface area contributed by atoms with Gasteiger partial charge in [-0.3, -0.25) is 9.08 Å². The zero-order valence-electron chi connectivity index (χ0n) is 8.51. The Morgan fingerprint density at radius 3 is 2.40 bits per heavy atom. The lowest BCUT2D eigenvalue weighted by Gasteiger charge is -2.05. The third kappa shape index (κ3) is 2.77. The molecular formula is C10H13NO3S. The minimum atomic E-state index is -3.57. The third-order valence-electron chi connectivity index (χ3n) is 2.24. The van der Waals surface area contributed by atoms with E-state index in [4.69, 9.17) is 4.18 Å². The number of rotatable bonds is 4. The van der Waals surface area contributed by atoms with Crippen molar-refractivity contribution in [2.24, 2.45) is 0 Å². The molecule has 0 amide bonds. The van der Waals surface area contributed by atoms with Gasteiger partial charge >= 0.3 is 0 Å². The summed E-state index contributed by atoms with van der Waals surface area (Å²) in [4.78, 5) is 2.11. The van der Waals surface area contributed by atoms with E-state index in [1.54, 1.807) is 24.3 Å². The molecule has 1 fully saturated rings. The van der Waals surface area contributed by atoms with E-state index in [-0.39, 0.29) is 11.6 Å². The van der Waals surface area contributed by atoms with Gasteiger partial charge in [0, 0.05) is 13.1 Å². The topological polar surface area (TPSA) is 46.4 Å². The second-order valence-corrected chi connectivity index (χ2v) is 5.25. The largest absolute Gasteiger partial charge is 0.298 e. The highest BCUT2D eigenvalue weighted by atomic mass is 32.2. The Labute approximate surface area is 89.6 Å². The van der Waals surface area contributed by atoms with Crippen molar-refractivity contribution in [1.82, 2.24) is 4.90 Å². The summed E-state index contributed by atoms with van der Waals surface area (Å²) in [7, 11) is -3.57. The monoisotopic (exact) mass is 227 g/mol. The van der Waals surface area contributed by atoms with Crippen LogP contribution in [0.3, 0.4) is 0 Å². The van der Waals surface area contributed by atoms with Crippen LogP contribution in [-0.4, -0.2) is 33.1 Å². The quantitative estimate of drug-likeness (QED) is 0.568. The van der Waals surface area contributed by atoms with Crippen molar-refractivity contribution in [2.75, 3.05) is 19.8 Å². The highest BCUT2D eigenvalue weighted by Crippen LogP contribution is 2.14. The van der Waals surface area contributed by atoms with E-state index in [0.29, 0.717) is 0 Å². The van der Waals surface area contributed by atoms with Crippen LogP contribution < -0.4 is 0 Å². The van der Waals surface area contributed by atoms with Crippen LogP contribution in [0.1, 0.15) is 5.56 Å². The normalized spacial score (nSPS) is 16.6. The van der Waals surface area contributed by atoms with Crippen molar-refractivity contribution in [2.45, 2.75) is 11.8 Å². The fraction of sp³-hybridized carbons (Fsp3) is 0.400. The summed E-state index contributed by atoms with van der Waals surface area (Å²) in [6.45, 7) is 3.91. The fourth-order valence-corrected chi connectivity index (χ4v) is 2.01. The molecule has 0 N–H and O–H groups in total. The number of aryl methyl sites for hydroxylation is 1. The first-order chi connectivity index (χ1) is 7.08. The average molecular weight is 227 g/mol. The maximum atomic E-state index is 11.6. The number of nitrogens with zero attached hydrogens (tertiary/aromatic N) is 1. The van der Waals surface area contributed by atoms with E-state index < -0.39 is 10.1 Å². The molecule has 1 saturated heterocycles. The molecule has 5 heteroatoms. The predicted octanol–water partition coefficient (Wildman–Crippen LogP) is 0.973. The van der Waals surface area contributed by atoms with Crippen LogP contribution in [0.5, 0.6) is 0 Å². The molecule has 0 radical (unpaired) electrons. The minimum Gasteiger partial charge on any atom is -0.277 e. The molecule has 4 nitrogen and oxygen atoms in total. The Hall–Kier alpha value is -0.910. The van der Waals surface area contributed by atoms with Crippen molar-refractivity contribution < 1.29 is 12.6 Å². The number of hydrogen-bond acceptors (Lipinski definition) is 4. The highest BCUT2D eigenvalue weighted by Gasteiger charge is 2.22. The molecular weight excluding hydrogens is 214 g/mol. The molecule has 0 unspecified atom stereocenters. The summed E-state index contributed by atoms with van der Waals surface area (Å²) in [5.41, 5.74) is 1.03. The van der Waals surface area contributed by atoms with Gasteiger partial charge in [-0.05, 0) is 19.1 Å². The maximum Gasteiger partial charge on any atom is 0.298 e. The summed E-state index contributed by atoms with van der Waals surface area (Å²) >= 11 is 0.